The van der Waals surface area contributed by atoms with E-state index in [1.807, 2.05) is 30.3 Å². The van der Waals surface area contributed by atoms with Gasteiger partial charge in [-0.1, -0.05) is 30.3 Å². The molecule has 2 heteroatoms. The maximum absolute atomic E-state index is 8.11. The van der Waals surface area contributed by atoms with Crippen molar-refractivity contribution in [1.29, 1.82) is 5.26 Å². The van der Waals surface area contributed by atoms with E-state index in [0.717, 1.165) is 5.56 Å². The number of rotatable bonds is 2. The Balaban J connectivity index is 2.52. The molecular weight excluding hydrogens is 124 g/mol. The highest BCUT2D eigenvalue weighted by molar-refractivity contribution is 5.14. The van der Waals surface area contributed by atoms with Gasteiger partial charge in [0.2, 0.25) is 6.19 Å². The van der Waals surface area contributed by atoms with Crippen LogP contribution in [0.5, 0.6) is 0 Å². The SMILES string of the molecule is N#C[N]Cc1ccccc1. The number of hydrogen-bond acceptors (Lipinski definition) is 1. The Morgan fingerprint density at radius 2 is 2.00 bits per heavy atom. The van der Waals surface area contributed by atoms with Gasteiger partial charge in [-0.15, -0.1) is 0 Å². The summed E-state index contributed by atoms with van der Waals surface area (Å²) in [5, 5.41) is 11.7. The molecule has 1 aromatic rings. The van der Waals surface area contributed by atoms with Crippen LogP contribution >= 0.6 is 0 Å². The summed E-state index contributed by atoms with van der Waals surface area (Å²) >= 11 is 0. The van der Waals surface area contributed by atoms with Crippen molar-refractivity contribution in [1.82, 2.24) is 5.32 Å². The molecule has 0 saturated carbocycles. The van der Waals surface area contributed by atoms with Gasteiger partial charge in [0.05, 0.1) is 6.54 Å². The van der Waals surface area contributed by atoms with E-state index in [4.69, 9.17) is 5.26 Å². The monoisotopic (exact) mass is 131 g/mol. The van der Waals surface area contributed by atoms with E-state index in [9.17, 15) is 0 Å². The van der Waals surface area contributed by atoms with Crippen molar-refractivity contribution in [3.8, 4) is 6.19 Å². The second-order valence-electron chi connectivity index (χ2n) is 1.90. The van der Waals surface area contributed by atoms with Gasteiger partial charge in [0, 0.05) is 0 Å². The fraction of sp³-hybridized carbons (Fsp3) is 0.125. The predicted molar refractivity (Wildman–Crippen MR) is 37.9 cm³/mol. The Morgan fingerprint density at radius 3 is 2.60 bits per heavy atom. The van der Waals surface area contributed by atoms with Crippen LogP contribution in [0.25, 0.3) is 0 Å². The molecule has 2 nitrogen and oxygen atoms in total. The third-order valence-electron chi connectivity index (χ3n) is 1.18. The maximum atomic E-state index is 8.11. The van der Waals surface area contributed by atoms with Crippen LogP contribution in [0.15, 0.2) is 30.3 Å². The lowest BCUT2D eigenvalue weighted by molar-refractivity contribution is 0.867. The van der Waals surface area contributed by atoms with Crippen molar-refractivity contribution in [2.45, 2.75) is 6.54 Å². The average molecular weight is 131 g/mol. The quantitative estimate of drug-likeness (QED) is 0.557. The van der Waals surface area contributed by atoms with Crippen LogP contribution in [0.4, 0.5) is 0 Å². The molecule has 0 fully saturated rings. The summed E-state index contributed by atoms with van der Waals surface area (Å²) < 4.78 is 0. The molecule has 49 valence electrons. The van der Waals surface area contributed by atoms with Gasteiger partial charge in [0.1, 0.15) is 0 Å². The standard InChI is InChI=1S/C8H7N2/c9-7-10-6-8-4-2-1-3-5-8/h1-5H,6H2. The van der Waals surface area contributed by atoms with Gasteiger partial charge < -0.3 is 0 Å². The first-order valence-electron chi connectivity index (χ1n) is 3.03. The Labute approximate surface area is 60.1 Å². The molecule has 0 N–H and O–H groups in total. The molecular formula is C8H7N2. The summed E-state index contributed by atoms with van der Waals surface area (Å²) in [6.45, 7) is 0.497. The van der Waals surface area contributed by atoms with Crippen LogP contribution in [-0.4, -0.2) is 0 Å². The van der Waals surface area contributed by atoms with E-state index in [-0.39, 0.29) is 0 Å². The second-order valence-corrected chi connectivity index (χ2v) is 1.90. The van der Waals surface area contributed by atoms with Gasteiger partial charge in [0.15, 0.2) is 0 Å². The summed E-state index contributed by atoms with van der Waals surface area (Å²) in [6, 6.07) is 9.70. The Bertz CT molecular complexity index is 223. The minimum Gasteiger partial charge on any atom is -0.207 e. The van der Waals surface area contributed by atoms with Crippen molar-refractivity contribution in [2.75, 3.05) is 0 Å². The van der Waals surface area contributed by atoms with Crippen molar-refractivity contribution in [2.24, 2.45) is 0 Å². The van der Waals surface area contributed by atoms with E-state index in [1.165, 1.54) is 0 Å². The zero-order chi connectivity index (χ0) is 7.23. The van der Waals surface area contributed by atoms with E-state index < -0.39 is 0 Å². The summed E-state index contributed by atoms with van der Waals surface area (Å²) in [5.41, 5.74) is 1.07. The van der Waals surface area contributed by atoms with Gasteiger partial charge in [-0.25, -0.2) is 5.32 Å². The van der Waals surface area contributed by atoms with Crippen molar-refractivity contribution in [3.63, 3.8) is 0 Å². The summed E-state index contributed by atoms with van der Waals surface area (Å²) in [6.07, 6.45) is 1.74. The van der Waals surface area contributed by atoms with Crippen molar-refractivity contribution in [3.05, 3.63) is 35.9 Å². The molecule has 0 bridgehead atoms. The van der Waals surface area contributed by atoms with Crippen LogP contribution < -0.4 is 5.32 Å². The van der Waals surface area contributed by atoms with Crippen LogP contribution in [0.3, 0.4) is 0 Å². The van der Waals surface area contributed by atoms with Crippen LogP contribution in [0.1, 0.15) is 5.56 Å². The molecule has 0 saturated heterocycles. The molecule has 0 unspecified atom stereocenters. The van der Waals surface area contributed by atoms with E-state index in [2.05, 4.69) is 5.32 Å². The predicted octanol–water partition coefficient (Wildman–Crippen LogP) is 1.27. The molecule has 0 aliphatic carbocycles. The zero-order valence-electron chi connectivity index (χ0n) is 5.49. The smallest absolute Gasteiger partial charge is 0.201 e. The fourth-order valence-electron chi connectivity index (χ4n) is 0.710. The van der Waals surface area contributed by atoms with Gasteiger partial charge in [-0.2, -0.15) is 5.26 Å². The number of hydrogen-bond donors (Lipinski definition) is 0. The molecule has 0 amide bonds. The minimum absolute atomic E-state index is 0.497. The Hall–Kier alpha value is -1.49. The van der Waals surface area contributed by atoms with E-state index in [0.29, 0.717) is 6.54 Å². The van der Waals surface area contributed by atoms with Gasteiger partial charge in [0.25, 0.3) is 0 Å². The molecule has 0 aliphatic heterocycles. The third-order valence-corrected chi connectivity index (χ3v) is 1.18. The summed E-state index contributed by atoms with van der Waals surface area (Å²) in [5.74, 6) is 0. The highest BCUT2D eigenvalue weighted by Gasteiger charge is 1.87. The lowest BCUT2D eigenvalue weighted by atomic mass is 10.2. The molecule has 1 aromatic carbocycles. The first kappa shape index (κ1) is 6.63. The Morgan fingerprint density at radius 1 is 1.30 bits per heavy atom. The first-order valence-corrected chi connectivity index (χ1v) is 3.03. The number of nitriles is 1. The van der Waals surface area contributed by atoms with Gasteiger partial charge >= 0.3 is 0 Å². The molecule has 0 aliphatic rings. The Kier molecular flexibility index (Phi) is 2.33. The van der Waals surface area contributed by atoms with Gasteiger partial charge in [-0.3, -0.25) is 0 Å². The first-order chi connectivity index (χ1) is 4.93. The summed E-state index contributed by atoms with van der Waals surface area (Å²) in [7, 11) is 0. The van der Waals surface area contributed by atoms with Gasteiger partial charge in [-0.05, 0) is 5.56 Å². The van der Waals surface area contributed by atoms with Crippen molar-refractivity contribution >= 4 is 0 Å². The van der Waals surface area contributed by atoms with E-state index in [1.54, 1.807) is 6.19 Å². The molecule has 0 heterocycles. The van der Waals surface area contributed by atoms with Crippen LogP contribution in [-0.2, 0) is 6.54 Å². The highest BCUT2D eigenvalue weighted by Crippen LogP contribution is 1.96. The van der Waals surface area contributed by atoms with Crippen molar-refractivity contribution < 1.29 is 0 Å². The topological polar surface area (TPSA) is 37.9 Å². The van der Waals surface area contributed by atoms with E-state index >= 15 is 0 Å². The normalized spacial score (nSPS) is 8.30. The lowest BCUT2D eigenvalue weighted by Crippen LogP contribution is -1.94. The third kappa shape index (κ3) is 1.79. The number of nitrogens with zero attached hydrogens (tertiary/aromatic N) is 2. The lowest BCUT2D eigenvalue weighted by Gasteiger charge is -1.92. The maximum Gasteiger partial charge on any atom is 0.201 e. The number of benzene rings is 1. The zero-order valence-corrected chi connectivity index (χ0v) is 5.49. The summed E-state index contributed by atoms with van der Waals surface area (Å²) in [4.78, 5) is 0. The molecule has 0 atom stereocenters. The average Bonchev–Trinajstić information content (AvgIpc) is 2.03. The van der Waals surface area contributed by atoms with Crippen LogP contribution in [0, 0.1) is 11.5 Å². The largest absolute Gasteiger partial charge is 0.207 e. The molecule has 1 radical (unpaired) electrons. The highest BCUT2D eigenvalue weighted by atomic mass is 14.8. The van der Waals surface area contributed by atoms with Crippen LogP contribution in [0.2, 0.25) is 0 Å². The molecule has 0 spiro atoms. The molecule has 0 aromatic heterocycles. The minimum atomic E-state index is 0.497. The molecule has 10 heavy (non-hydrogen) atoms. The second kappa shape index (κ2) is 3.52. The fourth-order valence-corrected chi connectivity index (χ4v) is 0.710. The molecule has 1 rings (SSSR count).